The Morgan fingerprint density at radius 1 is 0.850 bits per heavy atom. The molecule has 1 heterocycles. The van der Waals surface area contributed by atoms with Crippen LogP contribution in [-0.2, 0) is 18.5 Å². The first-order valence-electron chi connectivity index (χ1n) is 7.12. The molecule has 0 atom stereocenters. The maximum absolute atomic E-state index is 4.05. The molecule has 0 amide bonds. The van der Waals surface area contributed by atoms with Gasteiger partial charge in [0.05, 0.1) is 0 Å². The molecule has 0 unspecified atom stereocenters. The van der Waals surface area contributed by atoms with E-state index in [0.717, 1.165) is 13.1 Å². The molecule has 106 valence electrons. The average Bonchev–Trinajstić information content (AvgIpc) is 2.39. The first-order valence-corrected chi connectivity index (χ1v) is 7.12. The molecule has 0 N–H and O–H groups in total. The van der Waals surface area contributed by atoms with Crippen molar-refractivity contribution in [2.45, 2.75) is 39.3 Å². The molecule has 2 heteroatoms. The molecule has 0 spiro atoms. The minimum Gasteiger partial charge on any atom is -0.298 e. The Balaban J connectivity index is 1.96. The number of hydrogen-bond acceptors (Lipinski definition) is 2. The molecule has 0 fully saturated rings. The minimum atomic E-state index is 0.224. The van der Waals surface area contributed by atoms with E-state index in [9.17, 15) is 0 Å². The normalized spacial score (nSPS) is 11.8. The van der Waals surface area contributed by atoms with Crippen LogP contribution >= 0.6 is 0 Å². The summed E-state index contributed by atoms with van der Waals surface area (Å²) >= 11 is 0. The summed E-state index contributed by atoms with van der Waals surface area (Å²) in [6.07, 6.45) is 3.70. The average molecular weight is 268 g/mol. The van der Waals surface area contributed by atoms with Crippen molar-refractivity contribution in [3.8, 4) is 0 Å². The third kappa shape index (κ3) is 4.17. The number of pyridine rings is 1. The zero-order valence-electron chi connectivity index (χ0n) is 12.9. The maximum Gasteiger partial charge on any atom is 0.0271 e. The van der Waals surface area contributed by atoms with E-state index in [1.54, 1.807) is 0 Å². The maximum atomic E-state index is 4.05. The van der Waals surface area contributed by atoms with Crippen LogP contribution in [0.25, 0.3) is 0 Å². The number of rotatable bonds is 4. The molecule has 1 aromatic heterocycles. The highest BCUT2D eigenvalue weighted by molar-refractivity contribution is 5.27. The summed E-state index contributed by atoms with van der Waals surface area (Å²) in [4.78, 5) is 6.37. The van der Waals surface area contributed by atoms with Gasteiger partial charge in [0.15, 0.2) is 0 Å². The van der Waals surface area contributed by atoms with Gasteiger partial charge < -0.3 is 0 Å². The minimum absolute atomic E-state index is 0.224. The van der Waals surface area contributed by atoms with Crippen LogP contribution in [0, 0.1) is 0 Å². The Morgan fingerprint density at radius 2 is 1.35 bits per heavy atom. The zero-order valence-corrected chi connectivity index (χ0v) is 12.9. The lowest BCUT2D eigenvalue weighted by atomic mass is 9.87. The highest BCUT2D eigenvalue weighted by Gasteiger charge is 2.13. The quantitative estimate of drug-likeness (QED) is 0.833. The van der Waals surface area contributed by atoms with Crippen molar-refractivity contribution in [1.29, 1.82) is 0 Å². The number of aromatic nitrogens is 1. The van der Waals surface area contributed by atoms with Gasteiger partial charge in [-0.3, -0.25) is 9.88 Å². The first-order chi connectivity index (χ1) is 9.45. The smallest absolute Gasteiger partial charge is 0.0271 e. The Bertz CT molecular complexity index is 524. The molecule has 2 aromatic rings. The van der Waals surface area contributed by atoms with Gasteiger partial charge in [-0.15, -0.1) is 0 Å². The summed E-state index contributed by atoms with van der Waals surface area (Å²) in [6, 6.07) is 13.1. The van der Waals surface area contributed by atoms with Crippen molar-refractivity contribution < 1.29 is 0 Å². The lowest BCUT2D eigenvalue weighted by Gasteiger charge is -2.20. The second kappa shape index (κ2) is 6.19. The van der Waals surface area contributed by atoms with Crippen LogP contribution in [0.5, 0.6) is 0 Å². The predicted molar refractivity (Wildman–Crippen MR) is 84.6 cm³/mol. The SMILES string of the molecule is CN(Cc1ccncc1)Cc1ccc(C(C)(C)C)cc1. The summed E-state index contributed by atoms with van der Waals surface area (Å²) in [5.74, 6) is 0. The van der Waals surface area contributed by atoms with Crippen LogP contribution in [0.3, 0.4) is 0 Å². The molecule has 0 aliphatic rings. The molecule has 2 nitrogen and oxygen atoms in total. The molecule has 1 aromatic carbocycles. The van der Waals surface area contributed by atoms with E-state index in [4.69, 9.17) is 0 Å². The fraction of sp³-hybridized carbons (Fsp3) is 0.389. The molecule has 0 bridgehead atoms. The van der Waals surface area contributed by atoms with E-state index in [0.29, 0.717) is 0 Å². The van der Waals surface area contributed by atoms with E-state index in [1.807, 2.05) is 12.4 Å². The van der Waals surface area contributed by atoms with Gasteiger partial charge in [-0.2, -0.15) is 0 Å². The van der Waals surface area contributed by atoms with Crippen LogP contribution in [0.15, 0.2) is 48.8 Å². The Hall–Kier alpha value is -1.67. The van der Waals surface area contributed by atoms with Crippen LogP contribution in [-0.4, -0.2) is 16.9 Å². The highest BCUT2D eigenvalue weighted by Crippen LogP contribution is 2.22. The molecular formula is C18H24N2. The van der Waals surface area contributed by atoms with Crippen molar-refractivity contribution in [1.82, 2.24) is 9.88 Å². The molecule has 2 rings (SSSR count). The molecule has 0 saturated heterocycles. The second-order valence-electron chi connectivity index (χ2n) is 6.47. The van der Waals surface area contributed by atoms with Crippen LogP contribution in [0.1, 0.15) is 37.5 Å². The van der Waals surface area contributed by atoms with E-state index >= 15 is 0 Å². The molecule has 20 heavy (non-hydrogen) atoms. The van der Waals surface area contributed by atoms with Gasteiger partial charge in [0.2, 0.25) is 0 Å². The lowest BCUT2D eigenvalue weighted by molar-refractivity contribution is 0.319. The molecule has 0 aliphatic heterocycles. The van der Waals surface area contributed by atoms with Gasteiger partial charge in [0, 0.05) is 25.5 Å². The largest absolute Gasteiger partial charge is 0.298 e. The predicted octanol–water partition coefficient (Wildman–Crippen LogP) is 4.01. The van der Waals surface area contributed by atoms with Crippen LogP contribution in [0.2, 0.25) is 0 Å². The lowest BCUT2D eigenvalue weighted by Crippen LogP contribution is -2.17. The topological polar surface area (TPSA) is 16.1 Å². The third-order valence-corrected chi connectivity index (χ3v) is 3.47. The van der Waals surface area contributed by atoms with Gasteiger partial charge in [0.25, 0.3) is 0 Å². The van der Waals surface area contributed by atoms with Crippen molar-refractivity contribution in [3.63, 3.8) is 0 Å². The second-order valence-corrected chi connectivity index (χ2v) is 6.47. The van der Waals surface area contributed by atoms with Gasteiger partial charge in [-0.1, -0.05) is 45.0 Å². The summed E-state index contributed by atoms with van der Waals surface area (Å²) in [7, 11) is 2.15. The molecule has 0 saturated carbocycles. The van der Waals surface area contributed by atoms with E-state index in [-0.39, 0.29) is 5.41 Å². The third-order valence-electron chi connectivity index (χ3n) is 3.47. The summed E-state index contributed by atoms with van der Waals surface area (Å²) < 4.78 is 0. The summed E-state index contributed by atoms with van der Waals surface area (Å²) in [5, 5.41) is 0. The Labute approximate surface area is 122 Å². The van der Waals surface area contributed by atoms with Gasteiger partial charge in [-0.05, 0) is 41.3 Å². The van der Waals surface area contributed by atoms with Crippen LogP contribution in [0.4, 0.5) is 0 Å². The van der Waals surface area contributed by atoms with Gasteiger partial charge in [-0.25, -0.2) is 0 Å². The molecular weight excluding hydrogens is 244 g/mol. The van der Waals surface area contributed by atoms with Crippen LogP contribution < -0.4 is 0 Å². The van der Waals surface area contributed by atoms with Crippen molar-refractivity contribution in [3.05, 3.63) is 65.5 Å². The van der Waals surface area contributed by atoms with Crippen molar-refractivity contribution in [2.75, 3.05) is 7.05 Å². The van der Waals surface area contributed by atoms with Crippen molar-refractivity contribution >= 4 is 0 Å². The fourth-order valence-electron chi connectivity index (χ4n) is 2.28. The van der Waals surface area contributed by atoms with E-state index in [2.05, 4.69) is 74.1 Å². The van der Waals surface area contributed by atoms with Crippen molar-refractivity contribution in [2.24, 2.45) is 0 Å². The Morgan fingerprint density at radius 3 is 1.85 bits per heavy atom. The number of benzene rings is 1. The standard InChI is InChI=1S/C18H24N2/c1-18(2,3)17-7-5-15(6-8-17)13-20(4)14-16-9-11-19-12-10-16/h5-12H,13-14H2,1-4H3. The first kappa shape index (κ1) is 14.7. The number of nitrogens with zero attached hydrogens (tertiary/aromatic N) is 2. The Kier molecular flexibility index (Phi) is 4.56. The van der Waals surface area contributed by atoms with Gasteiger partial charge >= 0.3 is 0 Å². The summed E-state index contributed by atoms with van der Waals surface area (Å²) in [6.45, 7) is 8.66. The molecule has 0 radical (unpaired) electrons. The van der Waals surface area contributed by atoms with E-state index in [1.165, 1.54) is 16.7 Å². The fourth-order valence-corrected chi connectivity index (χ4v) is 2.28. The number of hydrogen-bond donors (Lipinski definition) is 0. The zero-order chi connectivity index (χ0) is 14.6. The highest BCUT2D eigenvalue weighted by atomic mass is 15.1. The molecule has 0 aliphatic carbocycles. The monoisotopic (exact) mass is 268 g/mol. The van der Waals surface area contributed by atoms with Gasteiger partial charge in [0.1, 0.15) is 0 Å². The van der Waals surface area contributed by atoms with E-state index < -0.39 is 0 Å². The summed E-state index contributed by atoms with van der Waals surface area (Å²) in [5.41, 5.74) is 4.27.